The van der Waals surface area contributed by atoms with Crippen molar-refractivity contribution < 1.29 is 23.0 Å². The van der Waals surface area contributed by atoms with Gasteiger partial charge >= 0.3 is 0 Å². The molecule has 2 unspecified atom stereocenters. The molecule has 1 aliphatic rings. The van der Waals surface area contributed by atoms with Crippen LogP contribution in [0.2, 0.25) is 0 Å². The van der Waals surface area contributed by atoms with Gasteiger partial charge in [-0.15, -0.1) is 0 Å². The van der Waals surface area contributed by atoms with E-state index in [0.717, 1.165) is 5.56 Å². The van der Waals surface area contributed by atoms with Crippen molar-refractivity contribution in [3.8, 4) is 11.5 Å². The first kappa shape index (κ1) is 16.5. The van der Waals surface area contributed by atoms with Gasteiger partial charge in [-0.3, -0.25) is 0 Å². The lowest BCUT2D eigenvalue weighted by Crippen LogP contribution is -2.30. The molecule has 1 heterocycles. The van der Waals surface area contributed by atoms with Crippen LogP contribution >= 0.6 is 15.9 Å². The molecule has 118 valence electrons. The number of hydrogen-bond donors (Lipinski definition) is 2. The first-order valence-corrected chi connectivity index (χ1v) is 9.18. The van der Waals surface area contributed by atoms with E-state index in [4.69, 9.17) is 15.2 Å². The van der Waals surface area contributed by atoms with Gasteiger partial charge in [0.1, 0.15) is 12.2 Å². The topological polar surface area (TPSA) is 98.9 Å². The van der Waals surface area contributed by atoms with Gasteiger partial charge < -0.3 is 20.3 Å². The Labute approximate surface area is 132 Å². The number of hydrogen-bond acceptors (Lipinski definition) is 6. The standard InChI is InChI=1S/C13H18BrNO5S/c1-2-19-11-4-8(5-15)3-9(14)13(11)20-12-7-21(17,18)6-10(12)16/h3-4,10,12,16H,2,5-7,15H2,1H3. The lowest BCUT2D eigenvalue weighted by Gasteiger charge is -2.20. The Bertz CT molecular complexity index is 619. The maximum absolute atomic E-state index is 11.5. The molecule has 0 amide bonds. The second-order valence-corrected chi connectivity index (χ2v) is 7.85. The highest BCUT2D eigenvalue weighted by atomic mass is 79.9. The molecule has 1 aliphatic heterocycles. The summed E-state index contributed by atoms with van der Waals surface area (Å²) in [7, 11) is -3.27. The number of benzene rings is 1. The Morgan fingerprint density at radius 2 is 2.14 bits per heavy atom. The van der Waals surface area contributed by atoms with Crippen molar-refractivity contribution in [3.05, 3.63) is 22.2 Å². The number of ether oxygens (including phenoxy) is 2. The zero-order valence-electron chi connectivity index (χ0n) is 11.6. The molecule has 0 saturated carbocycles. The van der Waals surface area contributed by atoms with Crippen LogP contribution in [-0.2, 0) is 16.4 Å². The fourth-order valence-electron chi connectivity index (χ4n) is 2.18. The minimum atomic E-state index is -3.27. The van der Waals surface area contributed by atoms with Crippen molar-refractivity contribution in [1.29, 1.82) is 0 Å². The van der Waals surface area contributed by atoms with Gasteiger partial charge in [-0.2, -0.15) is 0 Å². The van der Waals surface area contributed by atoms with Crippen LogP contribution in [0.25, 0.3) is 0 Å². The predicted octanol–water partition coefficient (Wildman–Crippen LogP) is 0.843. The number of aliphatic hydroxyl groups excluding tert-OH is 1. The maximum Gasteiger partial charge on any atom is 0.175 e. The van der Waals surface area contributed by atoms with Crippen molar-refractivity contribution in [3.63, 3.8) is 0 Å². The van der Waals surface area contributed by atoms with Crippen molar-refractivity contribution >= 4 is 25.8 Å². The fourth-order valence-corrected chi connectivity index (χ4v) is 4.42. The first-order valence-electron chi connectivity index (χ1n) is 6.56. The highest BCUT2D eigenvalue weighted by molar-refractivity contribution is 9.10. The van der Waals surface area contributed by atoms with E-state index in [-0.39, 0.29) is 11.5 Å². The summed E-state index contributed by atoms with van der Waals surface area (Å²) in [4.78, 5) is 0. The van der Waals surface area contributed by atoms with Crippen LogP contribution < -0.4 is 15.2 Å². The summed E-state index contributed by atoms with van der Waals surface area (Å²) in [5, 5.41) is 9.82. The van der Waals surface area contributed by atoms with E-state index >= 15 is 0 Å². The quantitative estimate of drug-likeness (QED) is 0.786. The molecule has 0 radical (unpaired) electrons. The van der Waals surface area contributed by atoms with Crippen LogP contribution in [0.3, 0.4) is 0 Å². The molecule has 2 atom stereocenters. The monoisotopic (exact) mass is 379 g/mol. The minimum absolute atomic E-state index is 0.204. The Kier molecular flexibility index (Phi) is 5.13. The SMILES string of the molecule is CCOc1cc(CN)cc(Br)c1OC1CS(=O)(=O)CC1O. The second kappa shape index (κ2) is 6.51. The predicted molar refractivity (Wildman–Crippen MR) is 82.3 cm³/mol. The summed E-state index contributed by atoms with van der Waals surface area (Å²) in [5.41, 5.74) is 6.48. The summed E-state index contributed by atoms with van der Waals surface area (Å²) >= 11 is 3.37. The summed E-state index contributed by atoms with van der Waals surface area (Å²) in [6.07, 6.45) is -1.83. The smallest absolute Gasteiger partial charge is 0.175 e. The fraction of sp³-hybridized carbons (Fsp3) is 0.538. The summed E-state index contributed by atoms with van der Waals surface area (Å²) < 4.78 is 34.9. The van der Waals surface area contributed by atoms with E-state index in [9.17, 15) is 13.5 Å². The van der Waals surface area contributed by atoms with Crippen molar-refractivity contribution in [2.24, 2.45) is 5.73 Å². The molecule has 21 heavy (non-hydrogen) atoms. The van der Waals surface area contributed by atoms with E-state index in [1.165, 1.54) is 0 Å². The molecular weight excluding hydrogens is 362 g/mol. The van der Waals surface area contributed by atoms with E-state index in [1.807, 2.05) is 6.92 Å². The average molecular weight is 380 g/mol. The Morgan fingerprint density at radius 1 is 1.43 bits per heavy atom. The normalized spacial score (nSPS) is 24.0. The van der Waals surface area contributed by atoms with E-state index in [0.29, 0.717) is 29.1 Å². The van der Waals surface area contributed by atoms with Crippen LogP contribution in [-0.4, -0.2) is 43.8 Å². The molecule has 0 spiro atoms. The lowest BCUT2D eigenvalue weighted by atomic mass is 10.2. The van der Waals surface area contributed by atoms with Crippen molar-refractivity contribution in [2.45, 2.75) is 25.7 Å². The molecule has 6 nitrogen and oxygen atoms in total. The average Bonchev–Trinajstić information content (AvgIpc) is 2.66. The second-order valence-electron chi connectivity index (χ2n) is 4.84. The number of aliphatic hydroxyl groups is 1. The van der Waals surface area contributed by atoms with E-state index in [1.54, 1.807) is 12.1 Å². The third-order valence-corrected chi connectivity index (χ3v) is 5.42. The lowest BCUT2D eigenvalue weighted by molar-refractivity contribution is 0.0708. The molecule has 1 saturated heterocycles. The van der Waals surface area contributed by atoms with Gasteiger partial charge in [0.05, 0.1) is 22.6 Å². The van der Waals surface area contributed by atoms with Crippen LogP contribution in [0.4, 0.5) is 0 Å². The van der Waals surface area contributed by atoms with Crippen molar-refractivity contribution in [1.82, 2.24) is 0 Å². The molecule has 3 N–H and O–H groups in total. The molecule has 0 bridgehead atoms. The highest BCUT2D eigenvalue weighted by Crippen LogP contribution is 2.38. The van der Waals surface area contributed by atoms with Gasteiger partial charge in [0.25, 0.3) is 0 Å². The summed E-state index contributed by atoms with van der Waals surface area (Å²) in [6.45, 7) is 2.61. The largest absolute Gasteiger partial charge is 0.490 e. The molecule has 2 rings (SSSR count). The Hall–Kier alpha value is -0.830. The minimum Gasteiger partial charge on any atom is -0.490 e. The highest BCUT2D eigenvalue weighted by Gasteiger charge is 2.38. The number of halogens is 1. The van der Waals surface area contributed by atoms with Gasteiger partial charge in [0, 0.05) is 6.54 Å². The number of rotatable bonds is 5. The molecule has 1 aromatic rings. The molecule has 0 aromatic heterocycles. The molecular formula is C13H18BrNO5S. The third-order valence-electron chi connectivity index (χ3n) is 3.15. The van der Waals surface area contributed by atoms with E-state index < -0.39 is 22.0 Å². The molecule has 0 aliphatic carbocycles. The summed E-state index contributed by atoms with van der Waals surface area (Å²) in [6, 6.07) is 3.53. The van der Waals surface area contributed by atoms with Gasteiger partial charge in [0.2, 0.25) is 0 Å². The maximum atomic E-state index is 11.5. The zero-order valence-corrected chi connectivity index (χ0v) is 14.0. The van der Waals surface area contributed by atoms with Crippen LogP contribution in [0.15, 0.2) is 16.6 Å². The summed E-state index contributed by atoms with van der Waals surface area (Å²) in [5.74, 6) is 0.379. The van der Waals surface area contributed by atoms with Gasteiger partial charge in [-0.1, -0.05) is 0 Å². The van der Waals surface area contributed by atoms with Crippen molar-refractivity contribution in [2.75, 3.05) is 18.1 Å². The first-order chi connectivity index (χ1) is 9.86. The zero-order chi connectivity index (χ0) is 15.6. The van der Waals surface area contributed by atoms with Crippen LogP contribution in [0, 0.1) is 0 Å². The van der Waals surface area contributed by atoms with Gasteiger partial charge in [-0.05, 0) is 40.5 Å². The molecule has 8 heteroatoms. The molecule has 1 aromatic carbocycles. The van der Waals surface area contributed by atoms with Gasteiger partial charge in [-0.25, -0.2) is 8.42 Å². The Morgan fingerprint density at radius 3 is 2.67 bits per heavy atom. The van der Waals surface area contributed by atoms with Crippen LogP contribution in [0.1, 0.15) is 12.5 Å². The van der Waals surface area contributed by atoms with E-state index in [2.05, 4.69) is 15.9 Å². The number of nitrogens with two attached hydrogens (primary N) is 1. The Balaban J connectivity index is 2.31. The third kappa shape index (κ3) is 3.88. The van der Waals surface area contributed by atoms with Crippen LogP contribution in [0.5, 0.6) is 11.5 Å². The molecule has 1 fully saturated rings. The van der Waals surface area contributed by atoms with Gasteiger partial charge in [0.15, 0.2) is 21.3 Å². The number of sulfone groups is 1.